The molecule has 0 aromatic heterocycles. The molecule has 0 aliphatic rings. The van der Waals surface area contributed by atoms with Crippen molar-refractivity contribution in [3.05, 3.63) is 39.9 Å². The van der Waals surface area contributed by atoms with E-state index in [1.54, 1.807) is 0 Å². The van der Waals surface area contributed by atoms with Gasteiger partial charge in [0.25, 0.3) is 5.69 Å². The number of amides is 1. The molecule has 0 aliphatic heterocycles. The number of nitrogens with zero attached hydrogens (tertiary/aromatic N) is 1. The van der Waals surface area contributed by atoms with E-state index in [0.717, 1.165) is 0 Å². The molecule has 0 heterocycles. The number of nitro benzene ring substituents is 1. The standard InChI is InChI=1S/C11H12Br2N2O5/c12-10(13)11(18)14-8(5-16)9(17)6-1-3-7(4-2-6)15(19)20/h1-4,8-10,16-17H,5H2,(H,14,18)/t8-,9-/m1/s1. The van der Waals surface area contributed by atoms with Crippen LogP contribution in [0.2, 0.25) is 0 Å². The molecule has 110 valence electrons. The molecule has 1 amide bonds. The molecule has 0 saturated carbocycles. The highest BCUT2D eigenvalue weighted by molar-refractivity contribution is 9.25. The quantitative estimate of drug-likeness (QED) is 0.370. The van der Waals surface area contributed by atoms with Crippen molar-refractivity contribution >= 4 is 43.5 Å². The van der Waals surface area contributed by atoms with Crippen LogP contribution in [0, 0.1) is 10.1 Å². The lowest BCUT2D eigenvalue weighted by Crippen LogP contribution is -2.43. The first kappa shape index (κ1) is 17.0. The van der Waals surface area contributed by atoms with Gasteiger partial charge in [-0.25, -0.2) is 0 Å². The Hall–Kier alpha value is -1.03. The van der Waals surface area contributed by atoms with E-state index in [-0.39, 0.29) is 5.69 Å². The molecule has 0 radical (unpaired) electrons. The Bertz CT molecular complexity index is 480. The molecule has 0 fully saturated rings. The molecule has 7 nitrogen and oxygen atoms in total. The molecule has 0 spiro atoms. The van der Waals surface area contributed by atoms with Crippen molar-refractivity contribution in [3.8, 4) is 0 Å². The second kappa shape index (κ2) is 7.67. The van der Waals surface area contributed by atoms with Crippen LogP contribution >= 0.6 is 31.9 Å². The van der Waals surface area contributed by atoms with Gasteiger partial charge in [-0.15, -0.1) is 0 Å². The van der Waals surface area contributed by atoms with E-state index in [4.69, 9.17) is 0 Å². The Balaban J connectivity index is 2.82. The van der Waals surface area contributed by atoms with Gasteiger partial charge in [-0.1, -0.05) is 31.9 Å². The van der Waals surface area contributed by atoms with Crippen molar-refractivity contribution < 1.29 is 19.9 Å². The predicted molar refractivity (Wildman–Crippen MR) is 78.7 cm³/mol. The van der Waals surface area contributed by atoms with Crippen LogP contribution < -0.4 is 5.32 Å². The lowest BCUT2D eigenvalue weighted by atomic mass is 10.0. The molecule has 20 heavy (non-hydrogen) atoms. The number of hydrogen-bond acceptors (Lipinski definition) is 5. The average Bonchev–Trinajstić information content (AvgIpc) is 2.43. The number of carbonyl (C=O) groups excluding carboxylic acids is 1. The first-order chi connectivity index (χ1) is 9.36. The van der Waals surface area contributed by atoms with Crippen LogP contribution in [0.15, 0.2) is 24.3 Å². The number of non-ortho nitro benzene ring substituents is 1. The summed E-state index contributed by atoms with van der Waals surface area (Å²) in [7, 11) is 0. The molecular formula is C11H12Br2N2O5. The highest BCUT2D eigenvalue weighted by atomic mass is 79.9. The van der Waals surface area contributed by atoms with Gasteiger partial charge in [0.05, 0.1) is 17.6 Å². The molecule has 1 rings (SSSR count). The van der Waals surface area contributed by atoms with Crippen LogP contribution in [0.3, 0.4) is 0 Å². The fourth-order valence-electron chi connectivity index (χ4n) is 1.50. The first-order valence-electron chi connectivity index (χ1n) is 5.48. The van der Waals surface area contributed by atoms with E-state index in [1.807, 2.05) is 0 Å². The molecule has 9 heteroatoms. The number of nitrogens with one attached hydrogen (secondary N) is 1. The SMILES string of the molecule is O=C(N[C@H](CO)[C@H](O)c1ccc([N+](=O)[O-])cc1)C(Br)Br. The van der Waals surface area contributed by atoms with E-state index in [9.17, 15) is 25.1 Å². The summed E-state index contributed by atoms with van der Waals surface area (Å²) in [6.07, 6.45) is -1.18. The molecule has 1 aromatic carbocycles. The number of carbonyl (C=O) groups is 1. The van der Waals surface area contributed by atoms with Gasteiger partial charge in [-0.3, -0.25) is 14.9 Å². The summed E-state index contributed by atoms with van der Waals surface area (Å²) in [5.74, 6) is -0.454. The molecule has 0 saturated heterocycles. The van der Waals surface area contributed by atoms with E-state index < -0.39 is 33.3 Å². The number of aliphatic hydroxyl groups excluding tert-OH is 2. The fourth-order valence-corrected chi connectivity index (χ4v) is 1.76. The van der Waals surface area contributed by atoms with E-state index in [0.29, 0.717) is 5.56 Å². The van der Waals surface area contributed by atoms with Crippen molar-refractivity contribution in [1.29, 1.82) is 0 Å². The number of halogens is 2. The Morgan fingerprint density at radius 3 is 2.30 bits per heavy atom. The van der Waals surface area contributed by atoms with Gasteiger partial charge in [0.2, 0.25) is 5.91 Å². The zero-order valence-electron chi connectivity index (χ0n) is 10.1. The monoisotopic (exact) mass is 410 g/mol. The van der Waals surface area contributed by atoms with Crippen molar-refractivity contribution in [2.75, 3.05) is 6.61 Å². The predicted octanol–water partition coefficient (Wildman–Crippen LogP) is 1.22. The van der Waals surface area contributed by atoms with Gasteiger partial charge in [-0.2, -0.15) is 0 Å². The molecule has 2 atom stereocenters. The molecule has 1 aromatic rings. The third-order valence-corrected chi connectivity index (χ3v) is 3.38. The first-order valence-corrected chi connectivity index (χ1v) is 7.31. The molecule has 0 unspecified atom stereocenters. The molecule has 3 N–H and O–H groups in total. The Labute approximate surface area is 131 Å². The number of aliphatic hydroxyl groups is 2. The van der Waals surface area contributed by atoms with E-state index in [2.05, 4.69) is 37.2 Å². The highest BCUT2D eigenvalue weighted by Gasteiger charge is 2.24. The summed E-state index contributed by atoms with van der Waals surface area (Å²) in [5, 5.41) is 32.2. The van der Waals surface area contributed by atoms with Crippen LogP contribution in [-0.2, 0) is 4.79 Å². The lowest BCUT2D eigenvalue weighted by molar-refractivity contribution is -0.384. The van der Waals surface area contributed by atoms with Crippen molar-refractivity contribution in [1.82, 2.24) is 5.32 Å². The van der Waals surface area contributed by atoms with E-state index in [1.165, 1.54) is 24.3 Å². The van der Waals surface area contributed by atoms with Crippen LogP contribution in [0.25, 0.3) is 0 Å². The summed E-state index contributed by atoms with van der Waals surface area (Å²) in [5.41, 5.74) is 0.252. The van der Waals surface area contributed by atoms with Crippen LogP contribution in [-0.4, -0.2) is 37.4 Å². The minimum absolute atomic E-state index is 0.105. The van der Waals surface area contributed by atoms with Gasteiger partial charge in [0.1, 0.15) is 9.84 Å². The average molecular weight is 412 g/mol. The number of nitro groups is 1. The van der Waals surface area contributed by atoms with Gasteiger partial charge >= 0.3 is 0 Å². The number of rotatable bonds is 6. The maximum absolute atomic E-state index is 11.5. The summed E-state index contributed by atoms with van der Waals surface area (Å²) in [6.45, 7) is -0.476. The zero-order valence-corrected chi connectivity index (χ0v) is 13.2. The van der Waals surface area contributed by atoms with Crippen LogP contribution in [0.1, 0.15) is 11.7 Å². The van der Waals surface area contributed by atoms with E-state index >= 15 is 0 Å². The fraction of sp³-hybridized carbons (Fsp3) is 0.364. The van der Waals surface area contributed by atoms with Crippen molar-refractivity contribution in [3.63, 3.8) is 0 Å². The number of benzene rings is 1. The lowest BCUT2D eigenvalue weighted by Gasteiger charge is -2.22. The summed E-state index contributed by atoms with van der Waals surface area (Å²) in [4.78, 5) is 21.4. The summed E-state index contributed by atoms with van der Waals surface area (Å²) < 4.78 is -0.645. The second-order valence-corrected chi connectivity index (χ2v) is 6.95. The topological polar surface area (TPSA) is 113 Å². The Morgan fingerprint density at radius 2 is 1.90 bits per heavy atom. The molecule has 0 aliphatic carbocycles. The number of hydrogen-bond donors (Lipinski definition) is 3. The molecular weight excluding hydrogens is 400 g/mol. The second-order valence-electron chi connectivity index (χ2n) is 3.89. The van der Waals surface area contributed by atoms with Crippen LogP contribution in [0.5, 0.6) is 0 Å². The number of alkyl halides is 2. The third-order valence-electron chi connectivity index (χ3n) is 2.55. The van der Waals surface area contributed by atoms with Gasteiger partial charge in [0, 0.05) is 12.1 Å². The largest absolute Gasteiger partial charge is 0.394 e. The summed E-state index contributed by atoms with van der Waals surface area (Å²) >= 11 is 5.99. The normalized spacial score (nSPS) is 13.8. The summed E-state index contributed by atoms with van der Waals surface area (Å²) in [6, 6.07) is 4.31. The zero-order chi connectivity index (χ0) is 15.3. The van der Waals surface area contributed by atoms with Crippen LogP contribution in [0.4, 0.5) is 5.69 Å². The Kier molecular flexibility index (Phi) is 6.53. The maximum Gasteiger partial charge on any atom is 0.269 e. The minimum Gasteiger partial charge on any atom is -0.394 e. The maximum atomic E-state index is 11.5. The van der Waals surface area contributed by atoms with Crippen molar-refractivity contribution in [2.24, 2.45) is 0 Å². The Morgan fingerprint density at radius 1 is 1.35 bits per heavy atom. The third kappa shape index (κ3) is 4.51. The van der Waals surface area contributed by atoms with Gasteiger partial charge in [-0.05, 0) is 17.7 Å². The highest BCUT2D eigenvalue weighted by Crippen LogP contribution is 2.21. The minimum atomic E-state index is -1.18. The van der Waals surface area contributed by atoms with Crippen molar-refractivity contribution in [2.45, 2.75) is 15.9 Å². The smallest absolute Gasteiger partial charge is 0.269 e. The van der Waals surface area contributed by atoms with Gasteiger partial charge < -0.3 is 15.5 Å². The molecule has 0 bridgehead atoms. The van der Waals surface area contributed by atoms with Gasteiger partial charge in [0.15, 0.2) is 0 Å².